The van der Waals surface area contributed by atoms with E-state index in [0.29, 0.717) is 18.4 Å². The summed E-state index contributed by atoms with van der Waals surface area (Å²) in [5.74, 6) is -1.23. The third-order valence-electron chi connectivity index (χ3n) is 5.82. The molecular formula is C28H32N2O3. The number of nitrogens with zero attached hydrogens (tertiary/aromatic N) is 1. The van der Waals surface area contributed by atoms with Gasteiger partial charge in [0.1, 0.15) is 0 Å². The predicted octanol–water partition coefficient (Wildman–Crippen LogP) is 5.66. The molecule has 0 aliphatic rings. The Balaban J connectivity index is 1.51. The molecule has 0 aromatic heterocycles. The summed E-state index contributed by atoms with van der Waals surface area (Å²) < 4.78 is 0. The number of hydrogen-bond acceptors (Lipinski definition) is 3. The lowest BCUT2D eigenvalue weighted by Gasteiger charge is -2.13. The van der Waals surface area contributed by atoms with Gasteiger partial charge in [0, 0.05) is 31.0 Å². The van der Waals surface area contributed by atoms with Gasteiger partial charge in [0.05, 0.1) is 5.92 Å². The number of anilines is 2. The molecule has 0 bridgehead atoms. The van der Waals surface area contributed by atoms with E-state index >= 15 is 0 Å². The van der Waals surface area contributed by atoms with Crippen molar-refractivity contribution in [1.29, 1.82) is 0 Å². The molecule has 0 aliphatic carbocycles. The van der Waals surface area contributed by atoms with Gasteiger partial charge < -0.3 is 15.3 Å². The summed E-state index contributed by atoms with van der Waals surface area (Å²) in [5, 5.41) is 12.6. The van der Waals surface area contributed by atoms with E-state index in [2.05, 4.69) is 5.32 Å². The first kappa shape index (κ1) is 24.1. The van der Waals surface area contributed by atoms with Gasteiger partial charge in [0.15, 0.2) is 0 Å². The molecular weight excluding hydrogens is 412 g/mol. The number of amides is 1. The highest BCUT2D eigenvalue weighted by molar-refractivity contribution is 6.04. The summed E-state index contributed by atoms with van der Waals surface area (Å²) in [6, 6.07) is 25.2. The molecule has 0 aliphatic heterocycles. The minimum atomic E-state index is -0.729. The molecule has 0 radical (unpaired) electrons. The Morgan fingerprint density at radius 3 is 2.21 bits per heavy atom. The third-order valence-corrected chi connectivity index (χ3v) is 5.82. The molecule has 1 unspecified atom stereocenters. The summed E-state index contributed by atoms with van der Waals surface area (Å²) in [6.07, 6.45) is 3.61. The standard InChI is InChI=1S/C28H32N2O3/c1-30(2)26-18-16-23(17-19-26)27(31)29-25-13-7-11-22(20-25)10-6-12-24(28(32)33)15-14-21-8-4-3-5-9-21/h3-5,7-9,11,13,16-20,24H,6,10,12,14-15H2,1-2H3,(H,29,31)(H,32,33). The number of aryl methyl sites for hydroxylation is 2. The highest BCUT2D eigenvalue weighted by atomic mass is 16.4. The molecule has 1 atom stereocenters. The summed E-state index contributed by atoms with van der Waals surface area (Å²) in [5.41, 5.74) is 4.64. The minimum absolute atomic E-state index is 0.149. The first-order valence-corrected chi connectivity index (χ1v) is 11.4. The zero-order valence-electron chi connectivity index (χ0n) is 19.3. The first-order valence-electron chi connectivity index (χ1n) is 11.4. The summed E-state index contributed by atoms with van der Waals surface area (Å²) in [7, 11) is 3.92. The molecule has 3 aromatic rings. The molecule has 0 fully saturated rings. The van der Waals surface area contributed by atoms with Crippen molar-refractivity contribution in [3.8, 4) is 0 Å². The van der Waals surface area contributed by atoms with Crippen LogP contribution in [-0.2, 0) is 17.6 Å². The Kier molecular flexibility index (Phi) is 8.64. The van der Waals surface area contributed by atoms with E-state index in [9.17, 15) is 14.7 Å². The Bertz CT molecular complexity index is 1050. The van der Waals surface area contributed by atoms with Crippen LogP contribution in [0, 0.1) is 5.92 Å². The third kappa shape index (κ3) is 7.49. The maximum atomic E-state index is 12.6. The van der Waals surface area contributed by atoms with Gasteiger partial charge in [-0.15, -0.1) is 0 Å². The fourth-order valence-corrected chi connectivity index (χ4v) is 3.85. The lowest BCUT2D eigenvalue weighted by molar-refractivity contribution is -0.142. The van der Waals surface area contributed by atoms with Crippen molar-refractivity contribution in [2.24, 2.45) is 5.92 Å². The van der Waals surface area contributed by atoms with Gasteiger partial charge in [-0.3, -0.25) is 9.59 Å². The van der Waals surface area contributed by atoms with Crippen molar-refractivity contribution in [3.05, 3.63) is 95.6 Å². The molecule has 5 heteroatoms. The van der Waals surface area contributed by atoms with Crippen molar-refractivity contribution in [3.63, 3.8) is 0 Å². The molecule has 5 nitrogen and oxygen atoms in total. The van der Waals surface area contributed by atoms with Crippen LogP contribution in [0.15, 0.2) is 78.9 Å². The lowest BCUT2D eigenvalue weighted by atomic mass is 9.93. The topological polar surface area (TPSA) is 69.6 Å². The van der Waals surface area contributed by atoms with E-state index in [-0.39, 0.29) is 11.8 Å². The second kappa shape index (κ2) is 11.9. The molecule has 2 N–H and O–H groups in total. The molecule has 3 rings (SSSR count). The van der Waals surface area contributed by atoms with Crippen molar-refractivity contribution in [2.75, 3.05) is 24.3 Å². The molecule has 0 saturated carbocycles. The predicted molar refractivity (Wildman–Crippen MR) is 134 cm³/mol. The number of carboxylic acid groups (broad SMARTS) is 1. The smallest absolute Gasteiger partial charge is 0.306 e. The zero-order chi connectivity index (χ0) is 23.6. The van der Waals surface area contributed by atoms with Gasteiger partial charge in [-0.2, -0.15) is 0 Å². The number of carbonyl (C=O) groups is 2. The Morgan fingerprint density at radius 1 is 0.848 bits per heavy atom. The fourth-order valence-electron chi connectivity index (χ4n) is 3.85. The summed E-state index contributed by atoms with van der Waals surface area (Å²) in [4.78, 5) is 26.3. The summed E-state index contributed by atoms with van der Waals surface area (Å²) >= 11 is 0. The maximum absolute atomic E-state index is 12.6. The van der Waals surface area contributed by atoms with E-state index in [0.717, 1.165) is 36.2 Å². The van der Waals surface area contributed by atoms with Crippen LogP contribution in [-0.4, -0.2) is 31.1 Å². The van der Waals surface area contributed by atoms with Crippen LogP contribution in [0.25, 0.3) is 0 Å². The van der Waals surface area contributed by atoms with Crippen molar-refractivity contribution < 1.29 is 14.7 Å². The van der Waals surface area contributed by atoms with E-state index in [1.807, 2.05) is 97.9 Å². The van der Waals surface area contributed by atoms with E-state index in [1.54, 1.807) is 0 Å². The number of nitrogens with one attached hydrogen (secondary N) is 1. The Morgan fingerprint density at radius 2 is 1.55 bits per heavy atom. The normalized spacial score (nSPS) is 11.6. The zero-order valence-corrected chi connectivity index (χ0v) is 19.3. The number of benzene rings is 3. The van der Waals surface area contributed by atoms with Crippen LogP contribution in [0.2, 0.25) is 0 Å². The monoisotopic (exact) mass is 444 g/mol. The SMILES string of the molecule is CN(C)c1ccc(C(=O)Nc2cccc(CCCC(CCc3ccccc3)C(=O)O)c2)cc1. The van der Waals surface area contributed by atoms with E-state index < -0.39 is 5.97 Å². The second-order valence-electron chi connectivity index (χ2n) is 8.55. The van der Waals surface area contributed by atoms with Gasteiger partial charge in [0.2, 0.25) is 0 Å². The van der Waals surface area contributed by atoms with Crippen LogP contribution in [0.5, 0.6) is 0 Å². The highest BCUT2D eigenvalue weighted by Crippen LogP contribution is 2.20. The van der Waals surface area contributed by atoms with Crippen molar-refractivity contribution in [2.45, 2.75) is 32.1 Å². The maximum Gasteiger partial charge on any atom is 0.306 e. The Hall–Kier alpha value is -3.60. The molecule has 0 heterocycles. The molecule has 3 aromatic carbocycles. The number of hydrogen-bond donors (Lipinski definition) is 2. The number of carboxylic acids is 1. The van der Waals surface area contributed by atoms with Crippen molar-refractivity contribution in [1.82, 2.24) is 0 Å². The average Bonchev–Trinajstić information content (AvgIpc) is 2.82. The fraction of sp³-hybridized carbons (Fsp3) is 0.286. The molecule has 172 valence electrons. The van der Waals surface area contributed by atoms with Crippen LogP contribution in [0.4, 0.5) is 11.4 Å². The van der Waals surface area contributed by atoms with E-state index in [4.69, 9.17) is 0 Å². The van der Waals surface area contributed by atoms with Gasteiger partial charge in [-0.1, -0.05) is 42.5 Å². The first-order chi connectivity index (χ1) is 15.9. The largest absolute Gasteiger partial charge is 0.481 e. The van der Waals surface area contributed by atoms with Crippen LogP contribution < -0.4 is 10.2 Å². The summed E-state index contributed by atoms with van der Waals surface area (Å²) in [6.45, 7) is 0. The minimum Gasteiger partial charge on any atom is -0.481 e. The molecule has 0 spiro atoms. The average molecular weight is 445 g/mol. The Labute approximate surface area is 196 Å². The highest BCUT2D eigenvalue weighted by Gasteiger charge is 2.17. The molecule has 1 amide bonds. The lowest BCUT2D eigenvalue weighted by Crippen LogP contribution is -2.15. The van der Waals surface area contributed by atoms with Crippen molar-refractivity contribution >= 4 is 23.3 Å². The quantitative estimate of drug-likeness (QED) is 0.400. The van der Waals surface area contributed by atoms with Gasteiger partial charge >= 0.3 is 5.97 Å². The number of rotatable bonds is 11. The number of carbonyl (C=O) groups excluding carboxylic acids is 1. The van der Waals surface area contributed by atoms with Gasteiger partial charge in [0.25, 0.3) is 5.91 Å². The second-order valence-corrected chi connectivity index (χ2v) is 8.55. The van der Waals surface area contributed by atoms with Crippen LogP contribution >= 0.6 is 0 Å². The van der Waals surface area contributed by atoms with Gasteiger partial charge in [-0.25, -0.2) is 0 Å². The van der Waals surface area contributed by atoms with E-state index in [1.165, 1.54) is 5.56 Å². The number of aliphatic carboxylic acids is 1. The molecule has 33 heavy (non-hydrogen) atoms. The van der Waals surface area contributed by atoms with Crippen LogP contribution in [0.1, 0.15) is 40.7 Å². The van der Waals surface area contributed by atoms with Crippen LogP contribution in [0.3, 0.4) is 0 Å². The molecule has 0 saturated heterocycles. The van der Waals surface area contributed by atoms with Gasteiger partial charge in [-0.05, 0) is 79.6 Å².